The Balaban J connectivity index is 1.68. The van der Waals surface area contributed by atoms with Crippen LogP contribution in [0, 0.1) is 10.1 Å². The third-order valence-electron chi connectivity index (χ3n) is 3.92. The number of hydrogen-bond acceptors (Lipinski definition) is 8. The number of aromatic nitrogens is 2. The minimum absolute atomic E-state index is 0.0950. The van der Waals surface area contributed by atoms with Gasteiger partial charge in [-0.1, -0.05) is 0 Å². The molecule has 26 heavy (non-hydrogen) atoms. The Bertz CT molecular complexity index is 906. The van der Waals surface area contributed by atoms with Crippen molar-refractivity contribution in [3.05, 3.63) is 67.5 Å². The molecule has 1 aromatic heterocycles. The molecular formula is C15H15N3O8. The van der Waals surface area contributed by atoms with E-state index in [0.29, 0.717) is 5.75 Å². The van der Waals surface area contributed by atoms with Gasteiger partial charge in [0, 0.05) is 24.4 Å². The maximum Gasteiger partial charge on any atom is 0.330 e. The molecule has 0 unspecified atom stereocenters. The fourth-order valence-electron chi connectivity index (χ4n) is 2.57. The molecule has 0 radical (unpaired) electrons. The second-order valence-electron chi connectivity index (χ2n) is 5.63. The summed E-state index contributed by atoms with van der Waals surface area (Å²) < 4.78 is 11.9. The second-order valence-corrected chi connectivity index (χ2v) is 5.63. The third-order valence-corrected chi connectivity index (χ3v) is 3.92. The summed E-state index contributed by atoms with van der Waals surface area (Å²) in [7, 11) is 0. The van der Waals surface area contributed by atoms with E-state index in [1.54, 1.807) is 0 Å². The van der Waals surface area contributed by atoms with Crippen LogP contribution in [0.1, 0.15) is 6.23 Å². The number of nitrogens with zero attached hydrogens (tertiary/aromatic N) is 2. The number of nitrogens with one attached hydrogen (secondary N) is 1. The van der Waals surface area contributed by atoms with Gasteiger partial charge < -0.3 is 19.7 Å². The Morgan fingerprint density at radius 2 is 1.88 bits per heavy atom. The summed E-state index contributed by atoms with van der Waals surface area (Å²) in [5.74, 6) is 0.311. The topological polar surface area (TPSA) is 157 Å². The largest absolute Gasteiger partial charge is 0.491 e. The monoisotopic (exact) mass is 365 g/mol. The average Bonchev–Trinajstić information content (AvgIpc) is 2.88. The molecule has 3 rings (SSSR count). The van der Waals surface area contributed by atoms with E-state index in [1.807, 2.05) is 4.98 Å². The molecule has 1 aliphatic heterocycles. The van der Waals surface area contributed by atoms with Crippen LogP contribution in [0.2, 0.25) is 0 Å². The van der Waals surface area contributed by atoms with Gasteiger partial charge in [-0.05, 0) is 12.1 Å². The van der Waals surface area contributed by atoms with Gasteiger partial charge >= 0.3 is 5.69 Å². The lowest BCUT2D eigenvalue weighted by Gasteiger charge is -2.16. The highest BCUT2D eigenvalue weighted by molar-refractivity contribution is 5.35. The minimum Gasteiger partial charge on any atom is -0.491 e. The number of nitro benzene ring substituents is 1. The van der Waals surface area contributed by atoms with Crippen LogP contribution in [-0.2, 0) is 4.74 Å². The van der Waals surface area contributed by atoms with Gasteiger partial charge in [-0.3, -0.25) is 24.5 Å². The molecule has 4 atom stereocenters. The summed E-state index contributed by atoms with van der Waals surface area (Å²) in [6.45, 7) is -0.162. The molecule has 11 nitrogen and oxygen atoms in total. The molecule has 1 saturated heterocycles. The van der Waals surface area contributed by atoms with Crippen molar-refractivity contribution in [2.45, 2.75) is 24.5 Å². The van der Waals surface area contributed by atoms with E-state index in [2.05, 4.69) is 0 Å². The van der Waals surface area contributed by atoms with Gasteiger partial charge in [-0.25, -0.2) is 4.79 Å². The maximum atomic E-state index is 11.8. The van der Waals surface area contributed by atoms with Gasteiger partial charge in [0.25, 0.3) is 11.2 Å². The Kier molecular flexibility index (Phi) is 4.84. The van der Waals surface area contributed by atoms with Gasteiger partial charge in [-0.2, -0.15) is 0 Å². The summed E-state index contributed by atoms with van der Waals surface area (Å²) >= 11 is 0. The Hall–Kier alpha value is -3.02. The lowest BCUT2D eigenvalue weighted by molar-refractivity contribution is -0.384. The lowest BCUT2D eigenvalue weighted by Crippen LogP contribution is -2.37. The predicted molar refractivity (Wildman–Crippen MR) is 85.8 cm³/mol. The van der Waals surface area contributed by atoms with Crippen molar-refractivity contribution < 1.29 is 24.6 Å². The van der Waals surface area contributed by atoms with E-state index >= 15 is 0 Å². The van der Waals surface area contributed by atoms with Crippen LogP contribution in [0.15, 0.2) is 46.1 Å². The van der Waals surface area contributed by atoms with Gasteiger partial charge in [0.1, 0.15) is 30.7 Å². The number of hydrogen-bond donors (Lipinski definition) is 3. The lowest BCUT2D eigenvalue weighted by atomic mass is 10.1. The molecular weight excluding hydrogens is 350 g/mol. The fourth-order valence-corrected chi connectivity index (χ4v) is 2.57. The van der Waals surface area contributed by atoms with Crippen LogP contribution < -0.4 is 16.0 Å². The number of H-pyrrole nitrogens is 1. The smallest absolute Gasteiger partial charge is 0.330 e. The van der Waals surface area contributed by atoms with Crippen molar-refractivity contribution in [3.8, 4) is 5.75 Å². The summed E-state index contributed by atoms with van der Waals surface area (Å²) in [4.78, 5) is 35.0. The first-order valence-electron chi connectivity index (χ1n) is 7.57. The molecule has 2 aromatic rings. The average molecular weight is 365 g/mol. The standard InChI is InChI=1S/C15H15N3O8/c19-11-5-6-17(15(22)16-11)14-13(21)12(20)10(26-14)7-25-9-3-1-8(2-4-9)18(23)24/h1-6,10,12-14,20-21H,7H2,(H,16,19,22)/t10-,12-,13-,14+/m0/s1. The van der Waals surface area contributed by atoms with Crippen LogP contribution in [0.3, 0.4) is 0 Å². The Morgan fingerprint density at radius 3 is 2.50 bits per heavy atom. The van der Waals surface area contributed by atoms with Crippen molar-refractivity contribution in [2.24, 2.45) is 0 Å². The van der Waals surface area contributed by atoms with Gasteiger partial charge in [0.2, 0.25) is 0 Å². The highest BCUT2D eigenvalue weighted by Gasteiger charge is 2.44. The SMILES string of the molecule is O=c1ccn([C@@H]2O[C@@H](COc3ccc([N+](=O)[O-])cc3)[C@H](O)[C@@H]2O)c(=O)[nH]1. The number of benzene rings is 1. The molecule has 2 heterocycles. The van der Waals surface area contributed by atoms with Crippen molar-refractivity contribution >= 4 is 5.69 Å². The normalized spacial score (nSPS) is 25.2. The first kappa shape index (κ1) is 17.8. The fraction of sp³-hybridized carbons (Fsp3) is 0.333. The molecule has 3 N–H and O–H groups in total. The van der Waals surface area contributed by atoms with Crippen molar-refractivity contribution in [2.75, 3.05) is 6.61 Å². The number of aromatic amines is 1. The first-order valence-corrected chi connectivity index (χ1v) is 7.57. The van der Waals surface area contributed by atoms with E-state index < -0.39 is 40.7 Å². The van der Waals surface area contributed by atoms with Gasteiger partial charge in [-0.15, -0.1) is 0 Å². The zero-order valence-corrected chi connectivity index (χ0v) is 13.2. The number of aliphatic hydroxyl groups excluding tert-OH is 2. The summed E-state index contributed by atoms with van der Waals surface area (Å²) in [5.41, 5.74) is -1.48. The zero-order chi connectivity index (χ0) is 18.8. The van der Waals surface area contributed by atoms with Crippen LogP contribution in [0.5, 0.6) is 5.75 Å². The van der Waals surface area contributed by atoms with E-state index in [4.69, 9.17) is 9.47 Å². The van der Waals surface area contributed by atoms with Crippen LogP contribution in [0.25, 0.3) is 0 Å². The number of non-ortho nitro benzene ring substituents is 1. The first-order chi connectivity index (χ1) is 12.4. The van der Waals surface area contributed by atoms with Crippen LogP contribution >= 0.6 is 0 Å². The van der Waals surface area contributed by atoms with Gasteiger partial charge in [0.05, 0.1) is 4.92 Å². The molecule has 1 fully saturated rings. The van der Waals surface area contributed by atoms with E-state index in [9.17, 15) is 29.9 Å². The molecule has 0 saturated carbocycles. The number of aliphatic hydroxyl groups is 2. The quantitative estimate of drug-likeness (QED) is 0.456. The van der Waals surface area contributed by atoms with Crippen molar-refractivity contribution in [1.82, 2.24) is 9.55 Å². The highest BCUT2D eigenvalue weighted by atomic mass is 16.6. The predicted octanol–water partition coefficient (Wildman–Crippen LogP) is -0.857. The molecule has 11 heteroatoms. The van der Waals surface area contributed by atoms with Crippen molar-refractivity contribution in [3.63, 3.8) is 0 Å². The Labute approximate surface area is 145 Å². The summed E-state index contributed by atoms with van der Waals surface area (Å²) in [5, 5.41) is 30.8. The highest BCUT2D eigenvalue weighted by Crippen LogP contribution is 2.29. The van der Waals surface area contributed by atoms with Crippen LogP contribution in [0.4, 0.5) is 5.69 Å². The molecule has 0 bridgehead atoms. The number of nitro groups is 1. The molecule has 1 aromatic carbocycles. The van der Waals surface area contributed by atoms with E-state index in [0.717, 1.165) is 16.8 Å². The summed E-state index contributed by atoms with van der Waals surface area (Å²) in [6, 6.07) is 6.39. The van der Waals surface area contributed by atoms with E-state index in [1.165, 1.54) is 24.3 Å². The number of ether oxygens (including phenoxy) is 2. The van der Waals surface area contributed by atoms with Crippen molar-refractivity contribution in [1.29, 1.82) is 0 Å². The minimum atomic E-state index is -1.41. The molecule has 0 amide bonds. The third kappa shape index (κ3) is 3.49. The maximum absolute atomic E-state index is 11.8. The zero-order valence-electron chi connectivity index (χ0n) is 13.2. The van der Waals surface area contributed by atoms with Gasteiger partial charge in [0.15, 0.2) is 6.23 Å². The Morgan fingerprint density at radius 1 is 1.19 bits per heavy atom. The number of rotatable bonds is 5. The molecule has 0 spiro atoms. The second kappa shape index (κ2) is 7.07. The van der Waals surface area contributed by atoms with E-state index in [-0.39, 0.29) is 12.3 Å². The summed E-state index contributed by atoms with van der Waals surface area (Å²) in [6.07, 6.45) is -3.74. The van der Waals surface area contributed by atoms with Crippen LogP contribution in [-0.4, -0.2) is 49.6 Å². The molecule has 138 valence electrons. The molecule has 1 aliphatic rings. The molecule has 0 aliphatic carbocycles.